The molecule has 6 heteroatoms. The summed E-state index contributed by atoms with van der Waals surface area (Å²) in [6.45, 7) is 4.20. The van der Waals surface area contributed by atoms with Gasteiger partial charge < -0.3 is 19.4 Å². The van der Waals surface area contributed by atoms with Gasteiger partial charge in [-0.05, 0) is 65.6 Å². The summed E-state index contributed by atoms with van der Waals surface area (Å²) >= 11 is 0. The molecule has 2 aromatic heterocycles. The minimum atomic E-state index is 0. The average Bonchev–Trinajstić information content (AvgIpc) is 3.12. The maximum atomic E-state index is 6.53. The number of rotatable bonds is 3. The molecule has 9 rings (SSSR count). The number of ether oxygens (including phenoxy) is 2. The molecule has 1 radical (unpaired) electrons. The van der Waals surface area contributed by atoms with E-state index < -0.39 is 0 Å². The first-order chi connectivity index (χ1) is 23.1. The Balaban J connectivity index is 0.000000220. The maximum absolute atomic E-state index is 6.53. The number of para-hydroxylation sites is 1. The van der Waals surface area contributed by atoms with Crippen LogP contribution in [0.25, 0.3) is 33.6 Å². The van der Waals surface area contributed by atoms with Crippen LogP contribution in [-0.4, -0.2) is 16.7 Å². The predicted molar refractivity (Wildman–Crippen MR) is 190 cm³/mol. The molecule has 0 N–H and O–H groups in total. The van der Waals surface area contributed by atoms with Crippen LogP contribution in [-0.2, 0) is 20.1 Å². The van der Waals surface area contributed by atoms with Crippen molar-refractivity contribution in [2.45, 2.75) is 13.8 Å². The van der Waals surface area contributed by atoms with Crippen LogP contribution >= 0.6 is 0 Å². The van der Waals surface area contributed by atoms with Crippen LogP contribution in [0.5, 0.6) is 23.0 Å². The minimum absolute atomic E-state index is 0. The number of aryl methyl sites for hydroxylation is 2. The Labute approximate surface area is 294 Å². The van der Waals surface area contributed by atoms with Gasteiger partial charge in [0.1, 0.15) is 17.2 Å². The first-order valence-electron chi connectivity index (χ1n) is 15.7. The van der Waals surface area contributed by atoms with E-state index in [-0.39, 0.29) is 26.8 Å². The van der Waals surface area contributed by atoms with Crippen LogP contribution in [0.15, 0.2) is 140 Å². The molecule has 48 heavy (non-hydrogen) atoms. The van der Waals surface area contributed by atoms with Crippen LogP contribution in [0.2, 0.25) is 0 Å². The first kappa shape index (κ1) is 31.3. The number of benzene rings is 5. The summed E-state index contributed by atoms with van der Waals surface area (Å²) in [7, 11) is 0. The van der Waals surface area contributed by atoms with Crippen molar-refractivity contribution >= 4 is 23.1 Å². The van der Waals surface area contributed by atoms with E-state index in [9.17, 15) is 0 Å². The standard InChI is InChI=1S/C30H19BNO2.C12H10N.Ir/c1-19-17-25(32-18-22(19)20-9-3-2-4-10-20)21-11-7-13-24-30(21)34-28-16-8-15-27-29(28)31(24)23-12-5-6-14-26(23)33-27;1-10-7-8-12(13-9-10)11-5-3-2-4-6-11;/h2-10,12-18H,1H3;2-5,7-9H,1H3;/q2*-1;. The fourth-order valence-corrected chi connectivity index (χ4v) is 6.33. The van der Waals surface area contributed by atoms with Crippen LogP contribution in [0, 0.1) is 26.0 Å². The number of hydrogen-bond donors (Lipinski definition) is 0. The summed E-state index contributed by atoms with van der Waals surface area (Å²) in [6.07, 6.45) is 3.82. The Kier molecular flexibility index (Phi) is 8.77. The molecule has 0 spiro atoms. The molecule has 4 nitrogen and oxygen atoms in total. The maximum Gasteiger partial charge on any atom is 0.241 e. The number of fused-ring (bicyclic) bond motifs is 4. The molecule has 4 heterocycles. The molecule has 7 aromatic rings. The van der Waals surface area contributed by atoms with Gasteiger partial charge in [-0.25, -0.2) is 0 Å². The van der Waals surface area contributed by atoms with E-state index in [2.05, 4.69) is 78.6 Å². The van der Waals surface area contributed by atoms with E-state index in [0.717, 1.165) is 78.6 Å². The Bertz CT molecular complexity index is 2220. The third-order valence-corrected chi connectivity index (χ3v) is 8.62. The van der Waals surface area contributed by atoms with Gasteiger partial charge >= 0.3 is 0 Å². The SMILES string of the molecule is Cc1cc(-c2[c-]ccc3c2Oc2cccc4c2B3c2ccccc2O4)ncc1-c1ccccc1.Cc1ccc(-c2[c-]cccc2)nc1.[Ir]. The van der Waals surface area contributed by atoms with Crippen molar-refractivity contribution in [2.75, 3.05) is 0 Å². The zero-order valence-corrected chi connectivity index (χ0v) is 28.8. The second-order valence-corrected chi connectivity index (χ2v) is 11.7. The minimum Gasteiger partial charge on any atom is -0.503 e. The second kappa shape index (κ2) is 13.4. The molecule has 2 aliphatic heterocycles. The molecule has 0 amide bonds. The summed E-state index contributed by atoms with van der Waals surface area (Å²) in [5, 5.41) is 0. The monoisotopic (exact) mass is 797 g/mol. The molecule has 0 saturated carbocycles. The normalized spacial score (nSPS) is 11.7. The van der Waals surface area contributed by atoms with E-state index in [4.69, 9.17) is 14.5 Å². The van der Waals surface area contributed by atoms with Gasteiger partial charge in [0, 0.05) is 49.3 Å². The van der Waals surface area contributed by atoms with Crippen molar-refractivity contribution in [1.82, 2.24) is 9.97 Å². The first-order valence-corrected chi connectivity index (χ1v) is 15.7. The molecular weight excluding hydrogens is 768 g/mol. The summed E-state index contributed by atoms with van der Waals surface area (Å²) in [5.74, 6) is 3.37. The van der Waals surface area contributed by atoms with Gasteiger partial charge in [0.25, 0.3) is 0 Å². The van der Waals surface area contributed by atoms with Gasteiger partial charge in [0.05, 0.1) is 0 Å². The summed E-state index contributed by atoms with van der Waals surface area (Å²) in [4.78, 5) is 9.16. The van der Waals surface area contributed by atoms with Crippen molar-refractivity contribution < 1.29 is 29.6 Å². The van der Waals surface area contributed by atoms with Gasteiger partial charge in [-0.2, -0.15) is 0 Å². The number of hydrogen-bond acceptors (Lipinski definition) is 4. The zero-order valence-electron chi connectivity index (χ0n) is 26.4. The fourth-order valence-electron chi connectivity index (χ4n) is 6.33. The van der Waals surface area contributed by atoms with Gasteiger partial charge in [0.2, 0.25) is 6.71 Å². The molecule has 0 saturated heterocycles. The molecule has 5 aromatic carbocycles. The van der Waals surface area contributed by atoms with Crippen molar-refractivity contribution in [2.24, 2.45) is 0 Å². The molecular formula is C42H29BIrN2O2-2. The molecule has 0 fully saturated rings. The smallest absolute Gasteiger partial charge is 0.241 e. The topological polar surface area (TPSA) is 44.2 Å². The molecule has 0 atom stereocenters. The van der Waals surface area contributed by atoms with Gasteiger partial charge in [-0.3, -0.25) is 0 Å². The van der Waals surface area contributed by atoms with Crippen LogP contribution < -0.4 is 25.9 Å². The molecule has 0 unspecified atom stereocenters. The Hall–Kier alpha value is -5.29. The number of nitrogens with zero attached hydrogens (tertiary/aromatic N) is 2. The molecule has 233 valence electrons. The van der Waals surface area contributed by atoms with E-state index >= 15 is 0 Å². The zero-order chi connectivity index (χ0) is 31.7. The summed E-state index contributed by atoms with van der Waals surface area (Å²) < 4.78 is 12.8. The Morgan fingerprint density at radius 2 is 1.35 bits per heavy atom. The van der Waals surface area contributed by atoms with Gasteiger partial charge in [0.15, 0.2) is 0 Å². The third-order valence-electron chi connectivity index (χ3n) is 8.62. The molecule has 2 aliphatic rings. The van der Waals surface area contributed by atoms with Crippen LogP contribution in [0.1, 0.15) is 11.1 Å². The summed E-state index contributed by atoms with van der Waals surface area (Å²) in [5.41, 5.74) is 11.7. The largest absolute Gasteiger partial charge is 0.503 e. The quantitative estimate of drug-likeness (QED) is 0.134. The van der Waals surface area contributed by atoms with E-state index in [0.29, 0.717) is 0 Å². The average molecular weight is 797 g/mol. The van der Waals surface area contributed by atoms with Crippen LogP contribution in [0.3, 0.4) is 0 Å². The van der Waals surface area contributed by atoms with Crippen molar-refractivity contribution in [3.63, 3.8) is 0 Å². The number of aromatic nitrogens is 2. The summed E-state index contributed by atoms with van der Waals surface area (Å²) in [6, 6.07) is 49.3. The predicted octanol–water partition coefficient (Wildman–Crippen LogP) is 8.11. The Morgan fingerprint density at radius 1 is 0.604 bits per heavy atom. The Morgan fingerprint density at radius 3 is 2.12 bits per heavy atom. The third kappa shape index (κ3) is 5.86. The van der Waals surface area contributed by atoms with Gasteiger partial charge in [-0.1, -0.05) is 78.4 Å². The van der Waals surface area contributed by atoms with E-state index in [1.807, 2.05) is 92.1 Å². The second-order valence-electron chi connectivity index (χ2n) is 11.7. The van der Waals surface area contributed by atoms with Crippen LogP contribution in [0.4, 0.5) is 0 Å². The van der Waals surface area contributed by atoms with Crippen molar-refractivity contribution in [3.8, 4) is 56.6 Å². The van der Waals surface area contributed by atoms with Crippen molar-refractivity contribution in [3.05, 3.63) is 163 Å². The van der Waals surface area contributed by atoms with Gasteiger partial charge in [-0.15, -0.1) is 59.6 Å². The fraction of sp³-hybridized carbons (Fsp3) is 0.0476. The molecule has 0 aliphatic carbocycles. The van der Waals surface area contributed by atoms with Crippen molar-refractivity contribution in [1.29, 1.82) is 0 Å². The van der Waals surface area contributed by atoms with E-state index in [1.165, 1.54) is 5.56 Å². The number of pyridine rings is 2. The van der Waals surface area contributed by atoms with E-state index in [1.54, 1.807) is 0 Å². The molecule has 0 bridgehead atoms.